The maximum atomic E-state index is 13.7. The average Bonchev–Trinajstić information content (AvgIpc) is 3.44. The van der Waals surface area contributed by atoms with Crippen molar-refractivity contribution in [3.05, 3.63) is 83.1 Å². The molecule has 2 amide bonds. The van der Waals surface area contributed by atoms with Gasteiger partial charge in [-0.2, -0.15) is 0 Å². The van der Waals surface area contributed by atoms with Gasteiger partial charge in [-0.25, -0.2) is 5.43 Å². The topological polar surface area (TPSA) is 55.9 Å². The second kappa shape index (κ2) is 14.5. The van der Waals surface area contributed by atoms with Crippen LogP contribution in [0.15, 0.2) is 66.4 Å². The fraction of sp³-hybridized carbons (Fsp3) is 0.529. The predicted octanol–water partition coefficient (Wildman–Crippen LogP) is 6.18. The molecule has 0 aromatic heterocycles. The van der Waals surface area contributed by atoms with Gasteiger partial charge in [-0.05, 0) is 56.2 Å². The molecule has 2 saturated heterocycles. The third-order valence-corrected chi connectivity index (χ3v) is 8.33. The Kier molecular flexibility index (Phi) is 10.8. The molecule has 40 heavy (non-hydrogen) atoms. The van der Waals surface area contributed by atoms with Crippen LogP contribution in [0.2, 0.25) is 0 Å². The van der Waals surface area contributed by atoms with E-state index in [1.54, 1.807) is 0 Å². The normalized spacial score (nSPS) is 22.4. The maximum Gasteiger partial charge on any atom is 0.271 e. The molecule has 3 heterocycles. The van der Waals surface area contributed by atoms with Gasteiger partial charge in [0.05, 0.1) is 12.1 Å². The number of rotatable bonds is 9. The van der Waals surface area contributed by atoms with E-state index < -0.39 is 0 Å². The minimum Gasteiger partial charge on any atom is -0.338 e. The molecule has 3 aliphatic rings. The first-order valence-electron chi connectivity index (χ1n) is 15.5. The quantitative estimate of drug-likeness (QED) is 0.383. The fourth-order valence-corrected chi connectivity index (χ4v) is 6.16. The van der Waals surface area contributed by atoms with Gasteiger partial charge >= 0.3 is 0 Å². The summed E-state index contributed by atoms with van der Waals surface area (Å²) in [6.45, 7) is 9.82. The number of aryl methyl sites for hydroxylation is 1. The van der Waals surface area contributed by atoms with Crippen molar-refractivity contribution in [1.29, 1.82) is 0 Å². The van der Waals surface area contributed by atoms with Gasteiger partial charge in [0.25, 0.3) is 5.91 Å². The summed E-state index contributed by atoms with van der Waals surface area (Å²) in [7, 11) is 0. The molecule has 216 valence electrons. The largest absolute Gasteiger partial charge is 0.338 e. The van der Waals surface area contributed by atoms with Crippen LogP contribution in [0.25, 0.3) is 0 Å². The van der Waals surface area contributed by atoms with E-state index in [1.165, 1.54) is 17.5 Å². The third kappa shape index (κ3) is 7.14. The molecule has 6 heteroatoms. The molecule has 0 bridgehead atoms. The molecule has 2 aromatic rings. The Morgan fingerprint density at radius 1 is 0.975 bits per heavy atom. The van der Waals surface area contributed by atoms with Crippen LogP contribution in [0.5, 0.6) is 0 Å². The molecular formula is C34H48N4O2. The number of hydrogen-bond donors (Lipinski definition) is 1. The maximum absolute atomic E-state index is 13.7. The number of fused-ring (bicyclic) bond motifs is 1. The van der Waals surface area contributed by atoms with Gasteiger partial charge in [-0.3, -0.25) is 14.6 Å². The molecule has 3 aliphatic heterocycles. The van der Waals surface area contributed by atoms with Crippen LogP contribution in [0.1, 0.15) is 88.4 Å². The molecule has 5 rings (SSSR count). The number of nitrogens with zero attached hydrogens (tertiary/aromatic N) is 3. The molecule has 3 atom stereocenters. The lowest BCUT2D eigenvalue weighted by Crippen LogP contribution is -2.59. The van der Waals surface area contributed by atoms with Crippen LogP contribution >= 0.6 is 0 Å². The molecular weight excluding hydrogens is 496 g/mol. The summed E-state index contributed by atoms with van der Waals surface area (Å²) >= 11 is 0. The van der Waals surface area contributed by atoms with Gasteiger partial charge in [-0.1, -0.05) is 100 Å². The van der Waals surface area contributed by atoms with Crippen molar-refractivity contribution in [3.8, 4) is 0 Å². The molecule has 0 radical (unpaired) electrons. The Balaban J connectivity index is 0.00000181. The van der Waals surface area contributed by atoms with Crippen molar-refractivity contribution in [3.63, 3.8) is 0 Å². The average molecular weight is 545 g/mol. The van der Waals surface area contributed by atoms with E-state index in [0.29, 0.717) is 12.2 Å². The summed E-state index contributed by atoms with van der Waals surface area (Å²) in [6, 6.07) is 19.3. The number of hydrogen-bond acceptors (Lipinski definition) is 4. The van der Waals surface area contributed by atoms with E-state index >= 15 is 0 Å². The molecule has 0 saturated carbocycles. The Labute approximate surface area is 241 Å². The first-order chi connectivity index (χ1) is 19.5. The zero-order valence-corrected chi connectivity index (χ0v) is 24.9. The van der Waals surface area contributed by atoms with Gasteiger partial charge < -0.3 is 9.80 Å². The Morgan fingerprint density at radius 3 is 2.45 bits per heavy atom. The number of unbranched alkanes of at least 4 members (excludes halogenated alkanes) is 2. The number of likely N-dealkylation sites (tertiary alicyclic amines) is 1. The number of benzene rings is 2. The number of piperidine rings is 1. The zero-order valence-electron chi connectivity index (χ0n) is 24.9. The van der Waals surface area contributed by atoms with Crippen molar-refractivity contribution in [2.75, 3.05) is 19.6 Å². The van der Waals surface area contributed by atoms with Gasteiger partial charge in [0, 0.05) is 19.1 Å². The van der Waals surface area contributed by atoms with Gasteiger partial charge in [0.1, 0.15) is 12.2 Å². The summed E-state index contributed by atoms with van der Waals surface area (Å²) in [5.41, 5.74) is 7.93. The predicted molar refractivity (Wildman–Crippen MR) is 162 cm³/mol. The monoisotopic (exact) mass is 544 g/mol. The van der Waals surface area contributed by atoms with Crippen LogP contribution < -0.4 is 5.43 Å². The second-order valence-corrected chi connectivity index (χ2v) is 11.2. The van der Waals surface area contributed by atoms with Crippen molar-refractivity contribution in [2.24, 2.45) is 0 Å². The number of nitrogens with one attached hydrogen (secondary N) is 1. The van der Waals surface area contributed by atoms with Crippen molar-refractivity contribution < 1.29 is 9.59 Å². The van der Waals surface area contributed by atoms with Crippen LogP contribution in [0.4, 0.5) is 0 Å². The van der Waals surface area contributed by atoms with Crippen LogP contribution in [0, 0.1) is 6.92 Å². The summed E-state index contributed by atoms with van der Waals surface area (Å²) in [5, 5.41) is 2.10. The minimum atomic E-state index is -0.0381. The Morgan fingerprint density at radius 2 is 1.73 bits per heavy atom. The standard InChI is InChI=1S/C32H42N4O2.C2H6/c1-3-4-6-14-28-22-34(32(38)30-21-29(33-36(28)30)26-17-15-24(2)16-18-26)23-31(37)35-19-10-9-13-27(35)20-25-11-7-5-8-12-25;1-2/h5,7-8,11-12,15-18,21,27-29,33H,3-4,6,9-10,13-14,19-20,22-23H2,1-2H3;1-2H3. The summed E-state index contributed by atoms with van der Waals surface area (Å²) in [5.74, 6) is 0.0465. The molecule has 2 aromatic carbocycles. The van der Waals surface area contributed by atoms with E-state index in [9.17, 15) is 9.59 Å². The van der Waals surface area contributed by atoms with Gasteiger partial charge in [0.2, 0.25) is 5.91 Å². The summed E-state index contributed by atoms with van der Waals surface area (Å²) in [6.07, 6.45) is 10.6. The van der Waals surface area contributed by atoms with E-state index in [0.717, 1.165) is 57.1 Å². The number of amides is 2. The van der Waals surface area contributed by atoms with Crippen LogP contribution in [0.3, 0.4) is 0 Å². The smallest absolute Gasteiger partial charge is 0.271 e. The van der Waals surface area contributed by atoms with Crippen molar-refractivity contribution >= 4 is 11.8 Å². The number of carbonyl (C=O) groups is 2. The first-order valence-corrected chi connectivity index (χ1v) is 15.5. The first kappa shape index (κ1) is 29.9. The van der Waals surface area contributed by atoms with E-state index in [4.69, 9.17) is 0 Å². The lowest BCUT2D eigenvalue weighted by Gasteiger charge is -2.43. The highest BCUT2D eigenvalue weighted by molar-refractivity contribution is 5.96. The number of hydrazine groups is 1. The molecule has 0 aliphatic carbocycles. The molecule has 1 N–H and O–H groups in total. The van der Waals surface area contributed by atoms with E-state index in [-0.39, 0.29) is 36.5 Å². The Bertz CT molecular complexity index is 1130. The van der Waals surface area contributed by atoms with Crippen LogP contribution in [-0.4, -0.2) is 58.3 Å². The Hall–Kier alpha value is -3.12. The van der Waals surface area contributed by atoms with Crippen molar-refractivity contribution in [1.82, 2.24) is 20.2 Å². The van der Waals surface area contributed by atoms with E-state index in [2.05, 4.69) is 83.8 Å². The molecule has 3 unspecified atom stereocenters. The highest BCUT2D eigenvalue weighted by Crippen LogP contribution is 2.32. The SMILES string of the molecule is CC.CCCCCC1CN(CC(=O)N2CCCCC2Cc2ccccc2)C(=O)C2=CC(c3ccc(C)cc3)NN21. The summed E-state index contributed by atoms with van der Waals surface area (Å²) in [4.78, 5) is 31.3. The van der Waals surface area contributed by atoms with Crippen molar-refractivity contribution in [2.45, 2.75) is 97.2 Å². The highest BCUT2D eigenvalue weighted by Gasteiger charge is 2.42. The van der Waals surface area contributed by atoms with Gasteiger partial charge in [0.15, 0.2) is 0 Å². The lowest BCUT2D eigenvalue weighted by atomic mass is 9.95. The number of piperazine rings is 1. The third-order valence-electron chi connectivity index (χ3n) is 8.33. The minimum absolute atomic E-state index is 0.0313. The number of carbonyl (C=O) groups excluding carboxylic acids is 2. The molecule has 0 spiro atoms. The lowest BCUT2D eigenvalue weighted by molar-refractivity contribution is -0.144. The van der Waals surface area contributed by atoms with Crippen LogP contribution in [-0.2, 0) is 16.0 Å². The van der Waals surface area contributed by atoms with E-state index in [1.807, 2.05) is 24.8 Å². The van der Waals surface area contributed by atoms with Gasteiger partial charge in [-0.15, -0.1) is 0 Å². The highest BCUT2D eigenvalue weighted by atomic mass is 16.2. The second-order valence-electron chi connectivity index (χ2n) is 11.2. The molecule has 6 nitrogen and oxygen atoms in total. The molecule has 2 fully saturated rings. The fourth-order valence-electron chi connectivity index (χ4n) is 6.16. The zero-order chi connectivity index (χ0) is 28.5. The summed E-state index contributed by atoms with van der Waals surface area (Å²) < 4.78 is 0.